The molecule has 1 heterocycles. The van der Waals surface area contributed by atoms with Crippen molar-refractivity contribution in [3.05, 3.63) is 30.1 Å². The summed E-state index contributed by atoms with van der Waals surface area (Å²) >= 11 is 0. The summed E-state index contributed by atoms with van der Waals surface area (Å²) in [7, 11) is 0. The number of carboxylic acid groups (broad SMARTS) is 1. The molecule has 1 rings (SSSR count). The molecule has 56 valence electrons. The van der Waals surface area contributed by atoms with Gasteiger partial charge in [0.2, 0.25) is 0 Å². The highest BCUT2D eigenvalue weighted by molar-refractivity contribution is 5.84. The van der Waals surface area contributed by atoms with Crippen LogP contribution >= 0.6 is 0 Å². The molecule has 4 heteroatoms. The van der Waals surface area contributed by atoms with Gasteiger partial charge >= 0.3 is 5.97 Å². The van der Waals surface area contributed by atoms with Gasteiger partial charge in [-0.1, -0.05) is 0 Å². The summed E-state index contributed by atoms with van der Waals surface area (Å²) in [4.78, 5) is 10.0. The fraction of sp³-hybridized carbons (Fsp3) is 0. The van der Waals surface area contributed by atoms with Gasteiger partial charge in [-0.15, -0.1) is 0 Å². The maximum Gasteiger partial charge on any atom is 0.328 e. The van der Waals surface area contributed by atoms with Crippen LogP contribution in [0.5, 0.6) is 0 Å². The third kappa shape index (κ3) is 2.57. The summed E-state index contributed by atoms with van der Waals surface area (Å²) in [6.45, 7) is 0. The third-order valence-electron chi connectivity index (χ3n) is 0.990. The Morgan fingerprint density at radius 2 is 2.45 bits per heavy atom. The number of hydrogen-bond acceptors (Lipinski definition) is 3. The summed E-state index contributed by atoms with van der Waals surface area (Å²) in [6, 6.07) is 3.36. The van der Waals surface area contributed by atoms with Gasteiger partial charge in [0.1, 0.15) is 0 Å². The van der Waals surface area contributed by atoms with E-state index in [1.807, 2.05) is 0 Å². The van der Waals surface area contributed by atoms with Crippen LogP contribution in [0, 0.1) is 0 Å². The smallest absolute Gasteiger partial charge is 0.328 e. The maximum absolute atomic E-state index is 10.0. The minimum Gasteiger partial charge on any atom is -0.478 e. The summed E-state index contributed by atoms with van der Waals surface area (Å²) in [5.41, 5.74) is 0.537. The van der Waals surface area contributed by atoms with Crippen molar-refractivity contribution in [2.75, 3.05) is 0 Å². The van der Waals surface area contributed by atoms with Gasteiger partial charge in [0, 0.05) is 12.3 Å². The monoisotopic (exact) mass is 150 g/mol. The molecule has 0 amide bonds. The second-order valence-corrected chi connectivity index (χ2v) is 1.82. The fourth-order valence-electron chi connectivity index (χ4n) is 0.559. The van der Waals surface area contributed by atoms with E-state index in [0.717, 1.165) is 6.08 Å². The van der Waals surface area contributed by atoms with Gasteiger partial charge in [-0.2, -0.15) is 10.2 Å². The van der Waals surface area contributed by atoms with E-state index in [4.69, 9.17) is 5.11 Å². The molecule has 0 aliphatic rings. The first kappa shape index (κ1) is 7.40. The average Bonchev–Trinajstić information content (AvgIpc) is 2.03. The lowest BCUT2D eigenvalue weighted by Gasteiger charge is -1.85. The number of rotatable bonds is 2. The molecular weight excluding hydrogens is 144 g/mol. The first-order valence-electron chi connectivity index (χ1n) is 2.98. The van der Waals surface area contributed by atoms with Crippen molar-refractivity contribution in [1.82, 2.24) is 10.2 Å². The second kappa shape index (κ2) is 3.46. The van der Waals surface area contributed by atoms with Gasteiger partial charge in [-0.25, -0.2) is 4.79 Å². The van der Waals surface area contributed by atoms with Crippen LogP contribution in [0.25, 0.3) is 6.08 Å². The highest BCUT2D eigenvalue weighted by atomic mass is 16.4. The van der Waals surface area contributed by atoms with Gasteiger partial charge in [0.25, 0.3) is 0 Å². The van der Waals surface area contributed by atoms with Crippen LogP contribution in [0.2, 0.25) is 0 Å². The van der Waals surface area contributed by atoms with E-state index in [1.165, 1.54) is 12.3 Å². The summed E-state index contributed by atoms with van der Waals surface area (Å²) in [5.74, 6) is -0.990. The van der Waals surface area contributed by atoms with Crippen LogP contribution in [-0.2, 0) is 4.79 Å². The van der Waals surface area contributed by atoms with Crippen LogP contribution in [0.4, 0.5) is 0 Å². The Labute approximate surface area is 63.2 Å². The number of carboxylic acids is 1. The van der Waals surface area contributed by atoms with E-state index in [9.17, 15) is 4.79 Å². The van der Waals surface area contributed by atoms with Crippen LogP contribution in [0.3, 0.4) is 0 Å². The molecular formula is C7H6N2O2. The number of aromatic nitrogens is 2. The van der Waals surface area contributed by atoms with Crippen molar-refractivity contribution in [3.8, 4) is 0 Å². The highest BCUT2D eigenvalue weighted by Gasteiger charge is 1.88. The fourth-order valence-corrected chi connectivity index (χ4v) is 0.559. The Balaban J connectivity index is 2.72. The Hall–Kier alpha value is -1.71. The molecule has 0 spiro atoms. The normalized spacial score (nSPS) is 10.2. The lowest BCUT2D eigenvalue weighted by Crippen LogP contribution is -1.87. The number of hydrogen-bond donors (Lipinski definition) is 1. The molecule has 0 radical (unpaired) electrons. The number of carbonyl (C=O) groups is 1. The first-order chi connectivity index (χ1) is 5.29. The van der Waals surface area contributed by atoms with E-state index in [2.05, 4.69) is 10.2 Å². The number of aliphatic carboxylic acids is 1. The predicted octanol–water partition coefficient (Wildman–Crippen LogP) is 0.574. The van der Waals surface area contributed by atoms with Gasteiger partial charge < -0.3 is 5.11 Å². The molecule has 1 aromatic heterocycles. The maximum atomic E-state index is 10.0. The molecule has 0 aromatic carbocycles. The molecule has 0 unspecified atom stereocenters. The van der Waals surface area contributed by atoms with E-state index >= 15 is 0 Å². The Morgan fingerprint density at radius 3 is 3.00 bits per heavy atom. The lowest BCUT2D eigenvalue weighted by atomic mass is 10.3. The molecule has 1 aromatic rings. The van der Waals surface area contributed by atoms with Gasteiger partial charge in [0.05, 0.1) is 5.69 Å². The molecule has 1 N–H and O–H groups in total. The lowest BCUT2D eigenvalue weighted by molar-refractivity contribution is -0.131. The van der Waals surface area contributed by atoms with Crippen molar-refractivity contribution in [3.63, 3.8) is 0 Å². The van der Waals surface area contributed by atoms with Crippen molar-refractivity contribution in [2.24, 2.45) is 0 Å². The van der Waals surface area contributed by atoms with Gasteiger partial charge in [0.15, 0.2) is 0 Å². The molecule has 11 heavy (non-hydrogen) atoms. The zero-order valence-corrected chi connectivity index (χ0v) is 5.64. The van der Waals surface area contributed by atoms with Gasteiger partial charge in [-0.3, -0.25) is 0 Å². The summed E-state index contributed by atoms with van der Waals surface area (Å²) in [5, 5.41) is 15.5. The zero-order chi connectivity index (χ0) is 8.10. The van der Waals surface area contributed by atoms with E-state index in [1.54, 1.807) is 12.1 Å². The van der Waals surface area contributed by atoms with Crippen molar-refractivity contribution >= 4 is 12.0 Å². The van der Waals surface area contributed by atoms with Crippen LogP contribution < -0.4 is 0 Å². The van der Waals surface area contributed by atoms with Crippen molar-refractivity contribution in [2.45, 2.75) is 0 Å². The minimum atomic E-state index is -0.990. The molecule has 0 bridgehead atoms. The summed E-state index contributed by atoms with van der Waals surface area (Å²) in [6.07, 6.45) is 3.93. The topological polar surface area (TPSA) is 63.1 Å². The summed E-state index contributed by atoms with van der Waals surface area (Å²) < 4.78 is 0. The number of nitrogens with zero attached hydrogens (tertiary/aromatic N) is 2. The molecule has 4 nitrogen and oxygen atoms in total. The quantitative estimate of drug-likeness (QED) is 0.626. The molecule has 0 atom stereocenters. The van der Waals surface area contributed by atoms with Crippen molar-refractivity contribution < 1.29 is 9.90 Å². The van der Waals surface area contributed by atoms with Crippen molar-refractivity contribution in [1.29, 1.82) is 0 Å². The Morgan fingerprint density at radius 1 is 1.64 bits per heavy atom. The first-order valence-corrected chi connectivity index (χ1v) is 2.98. The minimum absolute atomic E-state index is 0.537. The van der Waals surface area contributed by atoms with E-state index in [-0.39, 0.29) is 0 Å². The van der Waals surface area contributed by atoms with Crippen LogP contribution in [0.15, 0.2) is 24.4 Å². The molecule has 0 saturated carbocycles. The Bertz CT molecular complexity index is 269. The SMILES string of the molecule is O=C(O)C=Cc1cccnn1. The molecule has 0 aliphatic carbocycles. The average molecular weight is 150 g/mol. The zero-order valence-electron chi connectivity index (χ0n) is 5.64. The molecule has 0 fully saturated rings. The highest BCUT2D eigenvalue weighted by Crippen LogP contribution is 1.93. The van der Waals surface area contributed by atoms with Crippen LogP contribution in [0.1, 0.15) is 5.69 Å². The Kier molecular flexibility index (Phi) is 2.32. The standard InChI is InChI=1S/C7H6N2O2/c10-7(11)4-3-6-2-1-5-8-9-6/h1-5H,(H,10,11). The van der Waals surface area contributed by atoms with Crippen LogP contribution in [-0.4, -0.2) is 21.3 Å². The molecule has 0 aliphatic heterocycles. The van der Waals surface area contributed by atoms with Gasteiger partial charge in [-0.05, 0) is 18.2 Å². The second-order valence-electron chi connectivity index (χ2n) is 1.82. The molecule has 0 saturated heterocycles. The largest absolute Gasteiger partial charge is 0.478 e. The van der Waals surface area contributed by atoms with E-state index in [0.29, 0.717) is 5.69 Å². The third-order valence-corrected chi connectivity index (χ3v) is 0.990. The van der Waals surface area contributed by atoms with E-state index < -0.39 is 5.97 Å². The predicted molar refractivity (Wildman–Crippen MR) is 38.7 cm³/mol.